The maximum absolute atomic E-state index is 12.1. The lowest BCUT2D eigenvalue weighted by Crippen LogP contribution is -2.23. The predicted octanol–water partition coefficient (Wildman–Crippen LogP) is 1.93. The molecule has 2 N–H and O–H groups in total. The molecule has 1 amide bonds. The Morgan fingerprint density at radius 1 is 1.27 bits per heavy atom. The van der Waals surface area contributed by atoms with Crippen LogP contribution >= 0.6 is 0 Å². The molecule has 0 aliphatic rings. The number of aryl methyl sites for hydroxylation is 2. The fourth-order valence-corrected chi connectivity index (χ4v) is 2.25. The number of nitrogens with one attached hydrogen (secondary N) is 2. The number of methoxy groups -OCH3 is 1. The maximum Gasteiger partial charge on any atom is 0.273 e. The monoisotopic (exact) mass is 357 g/mol. The number of nitrogens with zero attached hydrogens (tertiary/aromatic N) is 3. The van der Waals surface area contributed by atoms with E-state index >= 15 is 0 Å². The molecule has 3 aromatic rings. The fourth-order valence-electron chi connectivity index (χ4n) is 2.25. The summed E-state index contributed by atoms with van der Waals surface area (Å²) in [5.41, 5.74) is 1.22. The number of amides is 1. The van der Waals surface area contributed by atoms with Gasteiger partial charge in [0.05, 0.1) is 13.7 Å². The van der Waals surface area contributed by atoms with E-state index in [1.54, 1.807) is 14.0 Å². The zero-order valence-electron chi connectivity index (χ0n) is 14.7. The van der Waals surface area contributed by atoms with Crippen molar-refractivity contribution in [2.24, 2.45) is 0 Å². The second kappa shape index (κ2) is 7.68. The first-order valence-corrected chi connectivity index (χ1v) is 7.94. The third-order valence-electron chi connectivity index (χ3n) is 3.53. The van der Waals surface area contributed by atoms with Gasteiger partial charge in [-0.1, -0.05) is 11.2 Å². The lowest BCUT2D eigenvalue weighted by atomic mass is 10.2. The molecule has 26 heavy (non-hydrogen) atoms. The van der Waals surface area contributed by atoms with E-state index in [0.717, 1.165) is 5.56 Å². The molecule has 0 atom stereocenters. The van der Waals surface area contributed by atoms with Crippen molar-refractivity contribution in [2.75, 3.05) is 7.11 Å². The topological polar surface area (TPSA) is 115 Å². The molecule has 0 saturated heterocycles. The number of carbonyl (C=O) groups excluding carboxylic acids is 1. The molecular formula is C17H19N5O4. The van der Waals surface area contributed by atoms with Gasteiger partial charge in [0, 0.05) is 6.07 Å². The first kappa shape index (κ1) is 17.5. The number of benzene rings is 1. The van der Waals surface area contributed by atoms with Crippen LogP contribution in [0.1, 0.15) is 33.5 Å². The molecule has 136 valence electrons. The second-order valence-corrected chi connectivity index (χ2v) is 5.64. The van der Waals surface area contributed by atoms with Gasteiger partial charge in [-0.3, -0.25) is 9.89 Å². The van der Waals surface area contributed by atoms with Crippen LogP contribution in [0.25, 0.3) is 0 Å². The van der Waals surface area contributed by atoms with Crippen molar-refractivity contribution in [3.63, 3.8) is 0 Å². The van der Waals surface area contributed by atoms with Gasteiger partial charge >= 0.3 is 0 Å². The van der Waals surface area contributed by atoms with Gasteiger partial charge in [0.1, 0.15) is 12.4 Å². The van der Waals surface area contributed by atoms with Gasteiger partial charge in [0.15, 0.2) is 28.8 Å². The number of aromatic nitrogens is 4. The first-order valence-electron chi connectivity index (χ1n) is 7.94. The zero-order valence-corrected chi connectivity index (χ0v) is 14.7. The summed E-state index contributed by atoms with van der Waals surface area (Å²) < 4.78 is 16.1. The highest BCUT2D eigenvalue weighted by atomic mass is 16.5. The minimum absolute atomic E-state index is 0.125. The van der Waals surface area contributed by atoms with E-state index in [1.807, 2.05) is 25.1 Å². The van der Waals surface area contributed by atoms with Crippen LogP contribution in [-0.2, 0) is 13.2 Å². The maximum atomic E-state index is 12.1. The van der Waals surface area contributed by atoms with Crippen LogP contribution in [0, 0.1) is 13.8 Å². The minimum atomic E-state index is -0.379. The number of aromatic amines is 1. The van der Waals surface area contributed by atoms with Crippen molar-refractivity contribution >= 4 is 5.91 Å². The minimum Gasteiger partial charge on any atom is -0.493 e. The average molecular weight is 357 g/mol. The SMILES string of the molecule is COc1cc(C)ccc1OCc1cc(C(=O)NCc2n[nH]c(C)n2)no1. The molecule has 9 heteroatoms. The zero-order chi connectivity index (χ0) is 18.5. The lowest BCUT2D eigenvalue weighted by molar-refractivity contribution is 0.0940. The summed E-state index contributed by atoms with van der Waals surface area (Å²) in [7, 11) is 1.58. The highest BCUT2D eigenvalue weighted by Crippen LogP contribution is 2.28. The molecule has 1 aromatic carbocycles. The Morgan fingerprint density at radius 3 is 2.85 bits per heavy atom. The molecule has 0 bridgehead atoms. The fraction of sp³-hybridized carbons (Fsp3) is 0.294. The molecule has 2 aromatic heterocycles. The van der Waals surface area contributed by atoms with Crippen LogP contribution < -0.4 is 14.8 Å². The molecular weight excluding hydrogens is 338 g/mol. The highest BCUT2D eigenvalue weighted by Gasteiger charge is 2.14. The molecule has 0 saturated carbocycles. The summed E-state index contributed by atoms with van der Waals surface area (Å²) in [6.07, 6.45) is 0. The van der Waals surface area contributed by atoms with Crippen LogP contribution in [0.4, 0.5) is 0 Å². The standard InChI is InChI=1S/C17H19N5O4/c1-10-4-5-14(15(6-10)24-3)25-9-12-7-13(22-26-12)17(23)18-8-16-19-11(2)20-21-16/h4-7H,8-9H2,1-3H3,(H,18,23)(H,19,20,21). The van der Waals surface area contributed by atoms with Crippen molar-refractivity contribution in [1.29, 1.82) is 0 Å². The summed E-state index contributed by atoms with van der Waals surface area (Å²) in [5.74, 6) is 2.43. The number of hydrogen-bond acceptors (Lipinski definition) is 7. The van der Waals surface area contributed by atoms with Crippen molar-refractivity contribution in [3.8, 4) is 11.5 Å². The van der Waals surface area contributed by atoms with E-state index < -0.39 is 0 Å². The van der Waals surface area contributed by atoms with Gasteiger partial charge in [-0.05, 0) is 31.5 Å². The van der Waals surface area contributed by atoms with Crippen molar-refractivity contribution in [3.05, 3.63) is 52.9 Å². The van der Waals surface area contributed by atoms with Gasteiger partial charge in [-0.2, -0.15) is 5.10 Å². The number of H-pyrrole nitrogens is 1. The molecule has 0 aliphatic carbocycles. The van der Waals surface area contributed by atoms with E-state index in [-0.39, 0.29) is 24.8 Å². The lowest BCUT2D eigenvalue weighted by Gasteiger charge is -2.09. The Hall–Kier alpha value is -3.36. The van der Waals surface area contributed by atoms with Gasteiger partial charge in [0.25, 0.3) is 5.91 Å². The van der Waals surface area contributed by atoms with Crippen LogP contribution in [0.15, 0.2) is 28.8 Å². The third kappa shape index (κ3) is 4.18. The van der Waals surface area contributed by atoms with E-state index in [4.69, 9.17) is 14.0 Å². The summed E-state index contributed by atoms with van der Waals surface area (Å²) in [4.78, 5) is 16.2. The van der Waals surface area contributed by atoms with Gasteiger partial charge in [0.2, 0.25) is 0 Å². The molecule has 0 spiro atoms. The molecule has 3 rings (SSSR count). The second-order valence-electron chi connectivity index (χ2n) is 5.64. The van der Waals surface area contributed by atoms with Gasteiger partial charge in [-0.25, -0.2) is 4.98 Å². The molecule has 9 nitrogen and oxygen atoms in total. The van der Waals surface area contributed by atoms with Crippen LogP contribution in [-0.4, -0.2) is 33.4 Å². The van der Waals surface area contributed by atoms with Crippen LogP contribution in [0.5, 0.6) is 11.5 Å². The van der Waals surface area contributed by atoms with E-state index in [2.05, 4.69) is 25.7 Å². The van der Waals surface area contributed by atoms with Crippen molar-refractivity contribution in [2.45, 2.75) is 27.0 Å². The number of ether oxygens (including phenoxy) is 2. The Labute approximate surface area is 149 Å². The Morgan fingerprint density at radius 2 is 2.12 bits per heavy atom. The molecule has 0 aliphatic heterocycles. The number of carbonyl (C=O) groups is 1. The number of hydrogen-bond donors (Lipinski definition) is 2. The Balaban J connectivity index is 1.56. The molecule has 0 radical (unpaired) electrons. The van der Waals surface area contributed by atoms with E-state index in [0.29, 0.717) is 28.9 Å². The quantitative estimate of drug-likeness (QED) is 0.664. The Kier molecular flexibility index (Phi) is 5.16. The van der Waals surface area contributed by atoms with Crippen LogP contribution in [0.3, 0.4) is 0 Å². The first-order chi connectivity index (χ1) is 12.5. The average Bonchev–Trinajstić information content (AvgIpc) is 3.27. The molecule has 0 unspecified atom stereocenters. The highest BCUT2D eigenvalue weighted by molar-refractivity contribution is 5.92. The van der Waals surface area contributed by atoms with Gasteiger partial charge in [-0.15, -0.1) is 0 Å². The summed E-state index contributed by atoms with van der Waals surface area (Å²) >= 11 is 0. The Bertz CT molecular complexity index is 902. The van der Waals surface area contributed by atoms with Crippen molar-refractivity contribution in [1.82, 2.24) is 25.7 Å². The normalized spacial score (nSPS) is 10.6. The van der Waals surface area contributed by atoms with Crippen molar-refractivity contribution < 1.29 is 18.8 Å². The summed E-state index contributed by atoms with van der Waals surface area (Å²) in [6, 6.07) is 7.14. The van der Waals surface area contributed by atoms with Crippen LogP contribution in [0.2, 0.25) is 0 Å². The predicted molar refractivity (Wildman–Crippen MR) is 90.9 cm³/mol. The van der Waals surface area contributed by atoms with E-state index in [9.17, 15) is 4.79 Å². The largest absolute Gasteiger partial charge is 0.493 e. The molecule has 0 fully saturated rings. The summed E-state index contributed by atoms with van der Waals surface area (Å²) in [6.45, 7) is 4.07. The smallest absolute Gasteiger partial charge is 0.273 e. The third-order valence-corrected chi connectivity index (χ3v) is 3.53. The number of rotatable bonds is 7. The van der Waals surface area contributed by atoms with E-state index in [1.165, 1.54) is 6.07 Å². The summed E-state index contributed by atoms with van der Waals surface area (Å²) in [5, 5.41) is 13.1. The van der Waals surface area contributed by atoms with Gasteiger partial charge < -0.3 is 19.3 Å². The molecule has 2 heterocycles.